The summed E-state index contributed by atoms with van der Waals surface area (Å²) in [5.74, 6) is -0.340. The fraction of sp³-hybridized carbons (Fsp3) is 0.174. The van der Waals surface area contributed by atoms with Crippen molar-refractivity contribution < 1.29 is 13.2 Å². The summed E-state index contributed by atoms with van der Waals surface area (Å²) >= 11 is 0. The lowest BCUT2D eigenvalue weighted by molar-refractivity contribution is 0.0943. The van der Waals surface area contributed by atoms with Crippen LogP contribution in [0.2, 0.25) is 0 Å². The number of anilines is 1. The molecule has 1 N–H and O–H groups in total. The molecule has 0 unspecified atom stereocenters. The molecule has 0 aliphatic heterocycles. The zero-order valence-corrected chi connectivity index (χ0v) is 17.5. The number of carbonyl (C=O) groups is 1. The van der Waals surface area contributed by atoms with Gasteiger partial charge in [0.25, 0.3) is 5.91 Å². The van der Waals surface area contributed by atoms with Crippen LogP contribution < -0.4 is 9.62 Å². The molecule has 0 bridgehead atoms. The maximum absolute atomic E-state index is 13.2. The van der Waals surface area contributed by atoms with E-state index in [0.29, 0.717) is 11.3 Å². The van der Waals surface area contributed by atoms with Crippen molar-refractivity contribution in [2.75, 3.05) is 17.6 Å². The summed E-state index contributed by atoms with van der Waals surface area (Å²) in [4.78, 5) is 13.2. The van der Waals surface area contributed by atoms with E-state index < -0.39 is 10.0 Å². The smallest absolute Gasteiger partial charge is 0.254 e. The Bertz CT molecular complexity index is 1110. The number of nitrogens with zero attached hydrogens (tertiary/aromatic N) is 1. The fourth-order valence-corrected chi connectivity index (χ4v) is 3.74. The highest BCUT2D eigenvalue weighted by Gasteiger charge is 2.23. The van der Waals surface area contributed by atoms with Crippen LogP contribution in [0.1, 0.15) is 33.1 Å². The third-order valence-electron chi connectivity index (χ3n) is 4.89. The summed E-state index contributed by atoms with van der Waals surface area (Å²) in [5, 5.41) is 3.09. The van der Waals surface area contributed by atoms with Gasteiger partial charge in [0.05, 0.1) is 23.5 Å². The Hall–Kier alpha value is -3.12. The van der Waals surface area contributed by atoms with Crippen molar-refractivity contribution in [1.29, 1.82) is 0 Å². The van der Waals surface area contributed by atoms with Crippen molar-refractivity contribution in [3.8, 4) is 0 Å². The number of hydrogen-bond donors (Lipinski definition) is 1. The third-order valence-corrected chi connectivity index (χ3v) is 6.08. The molecule has 0 aliphatic rings. The molecule has 0 fully saturated rings. The van der Waals surface area contributed by atoms with Gasteiger partial charge in [-0.1, -0.05) is 66.7 Å². The van der Waals surface area contributed by atoms with Gasteiger partial charge in [0, 0.05) is 7.05 Å². The maximum Gasteiger partial charge on any atom is 0.254 e. The molecule has 3 aromatic rings. The second kappa shape index (κ2) is 8.49. The van der Waals surface area contributed by atoms with Crippen LogP contribution in [0.3, 0.4) is 0 Å². The number of rotatable bonds is 6. The maximum atomic E-state index is 13.2. The number of carbonyl (C=O) groups excluding carboxylic acids is 1. The monoisotopic (exact) mass is 408 g/mol. The molecule has 6 heteroatoms. The molecular formula is C23H24N2O3S. The molecule has 0 aromatic heterocycles. The van der Waals surface area contributed by atoms with Crippen LogP contribution in [0.25, 0.3) is 0 Å². The Kier molecular flexibility index (Phi) is 6.03. The third kappa shape index (κ3) is 4.66. The van der Waals surface area contributed by atoms with Crippen LogP contribution in [0.4, 0.5) is 5.69 Å². The van der Waals surface area contributed by atoms with E-state index in [-0.39, 0.29) is 11.9 Å². The molecule has 0 spiro atoms. The van der Waals surface area contributed by atoms with E-state index in [9.17, 15) is 13.2 Å². The van der Waals surface area contributed by atoms with Crippen LogP contribution in [-0.2, 0) is 10.0 Å². The van der Waals surface area contributed by atoms with Crippen molar-refractivity contribution in [1.82, 2.24) is 5.32 Å². The Morgan fingerprint density at radius 3 is 2.14 bits per heavy atom. The number of nitrogens with one attached hydrogen (secondary N) is 1. The van der Waals surface area contributed by atoms with Gasteiger partial charge in [0.1, 0.15) is 0 Å². The van der Waals surface area contributed by atoms with Crippen molar-refractivity contribution in [2.45, 2.75) is 13.0 Å². The molecule has 0 aliphatic carbocycles. The lowest BCUT2D eigenvalue weighted by Crippen LogP contribution is -2.32. The first-order valence-corrected chi connectivity index (χ1v) is 11.1. The van der Waals surface area contributed by atoms with E-state index in [0.717, 1.165) is 27.3 Å². The number of amides is 1. The van der Waals surface area contributed by atoms with Crippen molar-refractivity contribution in [3.63, 3.8) is 0 Å². The highest BCUT2D eigenvalue weighted by molar-refractivity contribution is 7.92. The van der Waals surface area contributed by atoms with Crippen LogP contribution in [0.15, 0.2) is 78.9 Å². The normalized spacial score (nSPS) is 12.2. The minimum absolute atomic E-state index is 0.301. The van der Waals surface area contributed by atoms with Gasteiger partial charge in [-0.25, -0.2) is 8.42 Å². The van der Waals surface area contributed by atoms with Gasteiger partial charge in [-0.15, -0.1) is 0 Å². The van der Waals surface area contributed by atoms with Gasteiger partial charge < -0.3 is 5.32 Å². The van der Waals surface area contributed by atoms with Gasteiger partial charge in [0.2, 0.25) is 10.0 Å². The van der Waals surface area contributed by atoms with Gasteiger partial charge in [-0.05, 0) is 35.7 Å². The summed E-state index contributed by atoms with van der Waals surface area (Å²) in [6.45, 7) is 2.00. The molecule has 0 heterocycles. The van der Waals surface area contributed by atoms with Crippen LogP contribution >= 0.6 is 0 Å². The number of hydrogen-bond acceptors (Lipinski definition) is 3. The molecule has 150 valence electrons. The van der Waals surface area contributed by atoms with Crippen molar-refractivity contribution in [3.05, 3.63) is 101 Å². The van der Waals surface area contributed by atoms with E-state index in [1.165, 1.54) is 7.05 Å². The van der Waals surface area contributed by atoms with E-state index in [2.05, 4.69) is 5.32 Å². The molecule has 0 saturated heterocycles. The molecule has 5 nitrogen and oxygen atoms in total. The predicted molar refractivity (Wildman–Crippen MR) is 117 cm³/mol. The summed E-state index contributed by atoms with van der Waals surface area (Å²) in [7, 11) is -2.06. The Labute approximate surface area is 172 Å². The summed E-state index contributed by atoms with van der Waals surface area (Å²) in [5.41, 5.74) is 3.63. The molecule has 3 aromatic carbocycles. The van der Waals surface area contributed by atoms with Crippen molar-refractivity contribution >= 4 is 21.6 Å². The van der Waals surface area contributed by atoms with Crippen molar-refractivity contribution in [2.24, 2.45) is 0 Å². The summed E-state index contributed by atoms with van der Waals surface area (Å²) in [6, 6.07) is 23.9. The largest absolute Gasteiger partial charge is 0.341 e. The predicted octanol–water partition coefficient (Wildman–Crippen LogP) is 3.91. The van der Waals surface area contributed by atoms with Crippen LogP contribution in [-0.4, -0.2) is 27.6 Å². The quantitative estimate of drug-likeness (QED) is 0.672. The Morgan fingerprint density at radius 1 is 0.897 bits per heavy atom. The molecule has 1 amide bonds. The standard InChI is InChI=1S/C23H24N2O3S/c1-17-11-7-8-14-19(17)22(18-12-5-4-6-13-18)24-23(26)20-15-9-10-16-21(20)25(2)29(3,27)28/h4-16,22H,1-3H3,(H,24,26)/t22-/m0/s1. The van der Waals surface area contributed by atoms with Gasteiger partial charge in [-0.3, -0.25) is 9.10 Å². The molecular weight excluding hydrogens is 384 g/mol. The lowest BCUT2D eigenvalue weighted by Gasteiger charge is -2.24. The lowest BCUT2D eigenvalue weighted by atomic mass is 9.94. The Morgan fingerprint density at radius 2 is 1.48 bits per heavy atom. The second-order valence-electron chi connectivity index (χ2n) is 6.92. The number of benzene rings is 3. The van der Waals surface area contributed by atoms with Crippen LogP contribution in [0.5, 0.6) is 0 Å². The van der Waals surface area contributed by atoms with E-state index in [1.54, 1.807) is 24.3 Å². The van der Waals surface area contributed by atoms with E-state index in [4.69, 9.17) is 0 Å². The molecule has 29 heavy (non-hydrogen) atoms. The first kappa shape index (κ1) is 20.6. The van der Waals surface area contributed by atoms with E-state index in [1.807, 2.05) is 61.5 Å². The Balaban J connectivity index is 2.02. The first-order valence-electron chi connectivity index (χ1n) is 9.23. The zero-order valence-electron chi connectivity index (χ0n) is 16.7. The first-order chi connectivity index (χ1) is 13.8. The number of sulfonamides is 1. The number of para-hydroxylation sites is 1. The minimum Gasteiger partial charge on any atom is -0.341 e. The van der Waals surface area contributed by atoms with Gasteiger partial charge in [-0.2, -0.15) is 0 Å². The molecule has 3 rings (SSSR count). The second-order valence-corrected chi connectivity index (χ2v) is 8.94. The average Bonchev–Trinajstić information content (AvgIpc) is 2.72. The highest BCUT2D eigenvalue weighted by atomic mass is 32.2. The summed E-state index contributed by atoms with van der Waals surface area (Å²) < 4.78 is 25.1. The van der Waals surface area contributed by atoms with Crippen LogP contribution in [0, 0.1) is 6.92 Å². The fourth-order valence-electron chi connectivity index (χ4n) is 3.22. The summed E-state index contributed by atoms with van der Waals surface area (Å²) in [6.07, 6.45) is 1.11. The zero-order chi connectivity index (χ0) is 21.0. The topological polar surface area (TPSA) is 66.5 Å². The van der Waals surface area contributed by atoms with Gasteiger partial charge in [0.15, 0.2) is 0 Å². The number of aryl methyl sites for hydroxylation is 1. The molecule has 0 saturated carbocycles. The molecule has 0 radical (unpaired) electrons. The average molecular weight is 409 g/mol. The minimum atomic E-state index is -3.50. The van der Waals surface area contributed by atoms with Gasteiger partial charge >= 0.3 is 0 Å². The highest BCUT2D eigenvalue weighted by Crippen LogP contribution is 2.27. The van der Waals surface area contributed by atoms with E-state index >= 15 is 0 Å². The molecule has 1 atom stereocenters. The SMILES string of the molecule is Cc1ccccc1[C@@H](NC(=O)c1ccccc1N(C)S(C)(=O)=O)c1ccccc1.